The highest BCUT2D eigenvalue weighted by atomic mass is 32.2. The van der Waals surface area contributed by atoms with Crippen molar-refractivity contribution in [2.24, 2.45) is 0 Å². The third kappa shape index (κ3) is 3.28. The summed E-state index contributed by atoms with van der Waals surface area (Å²) in [7, 11) is -1.65. The van der Waals surface area contributed by atoms with E-state index in [0.717, 1.165) is 44.1 Å². The summed E-state index contributed by atoms with van der Waals surface area (Å²) >= 11 is 0. The molecule has 0 amide bonds. The summed E-state index contributed by atoms with van der Waals surface area (Å²) < 4.78 is 43.6. The zero-order valence-corrected chi connectivity index (χ0v) is 16.4. The molecular weight excluding hydrogens is 369 g/mol. The van der Waals surface area contributed by atoms with Gasteiger partial charge in [-0.1, -0.05) is 0 Å². The third-order valence-electron chi connectivity index (χ3n) is 5.52. The predicted molar refractivity (Wildman–Crippen MR) is 98.2 cm³/mol. The molecule has 27 heavy (non-hydrogen) atoms. The number of hydrogen-bond donors (Lipinski definition) is 0. The van der Waals surface area contributed by atoms with Crippen LogP contribution in [0.25, 0.3) is 0 Å². The van der Waals surface area contributed by atoms with Crippen LogP contribution in [0.3, 0.4) is 0 Å². The van der Waals surface area contributed by atoms with Crippen LogP contribution < -0.4 is 0 Å². The smallest absolute Gasteiger partial charge is 0.243 e. The van der Waals surface area contributed by atoms with Crippen LogP contribution in [0.5, 0.6) is 0 Å². The molecule has 0 bridgehead atoms. The Morgan fingerprint density at radius 1 is 1.15 bits per heavy atom. The van der Waals surface area contributed by atoms with Crippen molar-refractivity contribution in [3.8, 4) is 0 Å². The molecule has 1 aromatic heterocycles. The van der Waals surface area contributed by atoms with Gasteiger partial charge in [-0.25, -0.2) is 12.8 Å². The van der Waals surface area contributed by atoms with E-state index in [2.05, 4.69) is 26.7 Å². The van der Waals surface area contributed by atoms with Gasteiger partial charge in [-0.15, -0.1) is 10.2 Å². The van der Waals surface area contributed by atoms with Crippen molar-refractivity contribution in [3.05, 3.63) is 41.2 Å². The van der Waals surface area contributed by atoms with Crippen LogP contribution in [-0.4, -0.2) is 59.1 Å². The van der Waals surface area contributed by atoms with Crippen LogP contribution in [-0.2, 0) is 23.0 Å². The molecule has 3 heterocycles. The number of hydrogen-bond acceptors (Lipinski definition) is 5. The van der Waals surface area contributed by atoms with Gasteiger partial charge in [0.05, 0.1) is 10.9 Å². The predicted octanol–water partition coefficient (Wildman–Crippen LogP) is 1.74. The minimum absolute atomic E-state index is 0.128. The first-order chi connectivity index (χ1) is 12.9. The van der Waals surface area contributed by atoms with Crippen molar-refractivity contribution < 1.29 is 12.8 Å². The van der Waals surface area contributed by atoms with Gasteiger partial charge in [0, 0.05) is 32.6 Å². The normalized spacial score (nSPS) is 22.0. The minimum atomic E-state index is -3.72. The second-order valence-corrected chi connectivity index (χ2v) is 9.25. The van der Waals surface area contributed by atoms with Crippen LogP contribution in [0.15, 0.2) is 23.1 Å². The van der Waals surface area contributed by atoms with Crippen molar-refractivity contribution in [1.82, 2.24) is 24.0 Å². The fourth-order valence-corrected chi connectivity index (χ4v) is 5.64. The van der Waals surface area contributed by atoms with E-state index in [1.807, 2.05) is 0 Å². The molecule has 0 aliphatic carbocycles. The Kier molecular flexibility index (Phi) is 4.77. The molecule has 7 nitrogen and oxygen atoms in total. The van der Waals surface area contributed by atoms with Crippen molar-refractivity contribution in [3.63, 3.8) is 0 Å². The Labute approximate surface area is 158 Å². The van der Waals surface area contributed by atoms with Gasteiger partial charge in [0.1, 0.15) is 11.6 Å². The van der Waals surface area contributed by atoms with Crippen LogP contribution in [0.1, 0.15) is 36.1 Å². The molecule has 9 heteroatoms. The molecule has 1 atom stereocenters. The third-order valence-corrected chi connectivity index (χ3v) is 7.42. The molecule has 0 saturated carbocycles. The first-order valence-electron chi connectivity index (χ1n) is 9.26. The molecule has 0 spiro atoms. The molecule has 2 aliphatic rings. The molecule has 146 valence electrons. The lowest BCUT2D eigenvalue weighted by Crippen LogP contribution is -2.32. The van der Waals surface area contributed by atoms with Crippen LogP contribution >= 0.6 is 0 Å². The summed E-state index contributed by atoms with van der Waals surface area (Å²) in [6, 6.07) is 3.63. The molecule has 0 N–H and O–H groups in total. The Morgan fingerprint density at radius 2 is 1.96 bits per heavy atom. The van der Waals surface area contributed by atoms with Gasteiger partial charge >= 0.3 is 0 Å². The first kappa shape index (κ1) is 18.5. The number of aromatic nitrogens is 3. The highest BCUT2D eigenvalue weighted by Gasteiger charge is 2.39. The van der Waals surface area contributed by atoms with E-state index in [1.165, 1.54) is 22.5 Å². The zero-order chi connectivity index (χ0) is 19.2. The Hall–Kier alpha value is -1.84. The lowest BCUT2D eigenvalue weighted by molar-refractivity contribution is 0.330. The van der Waals surface area contributed by atoms with Gasteiger partial charge in [-0.05, 0) is 50.6 Å². The Morgan fingerprint density at radius 3 is 2.74 bits per heavy atom. The first-order valence-corrected chi connectivity index (χ1v) is 10.7. The highest BCUT2D eigenvalue weighted by Crippen LogP contribution is 2.36. The zero-order valence-electron chi connectivity index (χ0n) is 15.6. The van der Waals surface area contributed by atoms with Crippen LogP contribution in [0.2, 0.25) is 0 Å². The van der Waals surface area contributed by atoms with Gasteiger partial charge in [0.15, 0.2) is 5.82 Å². The topological polar surface area (TPSA) is 71.3 Å². The van der Waals surface area contributed by atoms with Crippen molar-refractivity contribution in [1.29, 1.82) is 0 Å². The van der Waals surface area contributed by atoms with E-state index in [9.17, 15) is 12.8 Å². The second kappa shape index (κ2) is 6.96. The lowest BCUT2D eigenvalue weighted by Gasteiger charge is -2.24. The average Bonchev–Trinajstić information content (AvgIpc) is 3.23. The molecular formula is C18H24FN5O2S. The monoisotopic (exact) mass is 393 g/mol. The largest absolute Gasteiger partial charge is 0.312 e. The van der Waals surface area contributed by atoms with Gasteiger partial charge in [0.2, 0.25) is 10.0 Å². The number of nitrogens with zero attached hydrogens (tertiary/aromatic N) is 5. The summed E-state index contributed by atoms with van der Waals surface area (Å²) in [5.74, 6) is 1.23. The van der Waals surface area contributed by atoms with Crippen molar-refractivity contribution >= 4 is 10.0 Å². The lowest BCUT2D eigenvalue weighted by atomic mass is 10.2. The molecule has 0 radical (unpaired) electrons. The molecule has 1 saturated heterocycles. The fourth-order valence-electron chi connectivity index (χ4n) is 3.90. The van der Waals surface area contributed by atoms with Crippen LogP contribution in [0, 0.1) is 12.7 Å². The molecule has 1 aromatic carbocycles. The summed E-state index contributed by atoms with van der Waals surface area (Å²) in [4.78, 5) is 2.37. The number of likely N-dealkylation sites (N-methyl/N-ethyl adjacent to an activating group) is 1. The van der Waals surface area contributed by atoms with E-state index in [4.69, 9.17) is 0 Å². The van der Waals surface area contributed by atoms with E-state index >= 15 is 0 Å². The molecule has 2 aromatic rings. The number of halogens is 1. The van der Waals surface area contributed by atoms with Gasteiger partial charge in [-0.2, -0.15) is 4.31 Å². The van der Waals surface area contributed by atoms with Crippen molar-refractivity contribution in [2.75, 3.05) is 26.7 Å². The van der Waals surface area contributed by atoms with E-state index < -0.39 is 15.8 Å². The SMILES string of the molecule is Cc1cc(S(=O)(=O)N2CCC[C@@H]2c2nnc3n2CCN(C)CC3)ccc1F. The summed E-state index contributed by atoms with van der Waals surface area (Å²) in [6.45, 7) is 4.57. The van der Waals surface area contributed by atoms with Crippen molar-refractivity contribution in [2.45, 2.75) is 43.7 Å². The standard InChI is InChI=1S/C18H24FN5O2S/c1-13-12-14(5-6-15(13)19)27(25,26)24-8-3-4-16(24)18-21-20-17-7-9-22(2)10-11-23(17)18/h5-6,12,16H,3-4,7-11H2,1-2H3/t16-/m1/s1. The summed E-state index contributed by atoms with van der Waals surface area (Å²) in [6.07, 6.45) is 2.29. The maximum Gasteiger partial charge on any atom is 0.243 e. The Bertz CT molecular complexity index is 959. The number of fused-ring (bicyclic) bond motifs is 1. The molecule has 0 unspecified atom stereocenters. The van der Waals surface area contributed by atoms with E-state index in [-0.39, 0.29) is 10.9 Å². The molecule has 4 rings (SSSR count). The van der Waals surface area contributed by atoms with Crippen LogP contribution in [0.4, 0.5) is 4.39 Å². The van der Waals surface area contributed by atoms with Gasteiger partial charge in [0.25, 0.3) is 0 Å². The highest BCUT2D eigenvalue weighted by molar-refractivity contribution is 7.89. The quantitative estimate of drug-likeness (QED) is 0.794. The number of aryl methyl sites for hydroxylation is 1. The minimum Gasteiger partial charge on any atom is -0.312 e. The average molecular weight is 393 g/mol. The fraction of sp³-hybridized carbons (Fsp3) is 0.556. The number of sulfonamides is 1. The maximum atomic E-state index is 13.6. The number of benzene rings is 1. The summed E-state index contributed by atoms with van der Waals surface area (Å²) in [5.41, 5.74) is 0.325. The van der Waals surface area contributed by atoms with E-state index in [0.29, 0.717) is 18.5 Å². The maximum absolute atomic E-state index is 13.6. The van der Waals surface area contributed by atoms with Gasteiger partial charge in [-0.3, -0.25) is 0 Å². The number of rotatable bonds is 3. The van der Waals surface area contributed by atoms with E-state index in [1.54, 1.807) is 6.92 Å². The Balaban J connectivity index is 1.69. The summed E-state index contributed by atoms with van der Waals surface area (Å²) in [5, 5.41) is 8.69. The second-order valence-electron chi connectivity index (χ2n) is 7.36. The molecule has 2 aliphatic heterocycles. The van der Waals surface area contributed by atoms with Gasteiger partial charge < -0.3 is 9.47 Å². The molecule has 1 fully saturated rings.